The largest absolute Gasteiger partial charge is 0.407 e. The zero-order valence-corrected chi connectivity index (χ0v) is 12.6. The highest BCUT2D eigenvalue weighted by Gasteiger charge is 2.35. The van der Waals surface area contributed by atoms with Crippen molar-refractivity contribution in [2.45, 2.75) is 18.8 Å². The number of nitrogens with zero attached hydrogens (tertiary/aromatic N) is 3. The van der Waals surface area contributed by atoms with Crippen LogP contribution in [0.3, 0.4) is 0 Å². The average Bonchev–Trinajstić information content (AvgIpc) is 2.88. The number of hydrogen-bond acceptors (Lipinski definition) is 8. The second-order valence-corrected chi connectivity index (χ2v) is 7.78. The van der Waals surface area contributed by atoms with E-state index in [-0.39, 0.29) is 5.75 Å². The highest BCUT2D eigenvalue weighted by Crippen LogP contribution is 2.26. The first-order chi connectivity index (χ1) is 9.08. The summed E-state index contributed by atoms with van der Waals surface area (Å²) in [4.78, 5) is 1.71. The zero-order valence-electron chi connectivity index (χ0n) is 11.0. The molecule has 1 fully saturated rings. The summed E-state index contributed by atoms with van der Waals surface area (Å²) in [5.74, 6) is 1.98. The van der Waals surface area contributed by atoms with Crippen molar-refractivity contribution in [1.82, 2.24) is 15.5 Å². The molecule has 1 aromatic heterocycles. The van der Waals surface area contributed by atoms with Crippen molar-refractivity contribution >= 4 is 27.6 Å². The Balaban J connectivity index is 2.23. The molecular formula is C10H18N4O3S2. The molecule has 108 valence electrons. The molecule has 2 rings (SSSR count). The van der Waals surface area contributed by atoms with Gasteiger partial charge in [0.1, 0.15) is 5.37 Å². The molecule has 1 aromatic rings. The summed E-state index contributed by atoms with van der Waals surface area (Å²) in [6, 6.07) is 0.299. The minimum Gasteiger partial charge on any atom is -0.407 e. The van der Waals surface area contributed by atoms with Gasteiger partial charge in [0.05, 0.1) is 6.54 Å². The van der Waals surface area contributed by atoms with Crippen molar-refractivity contribution < 1.29 is 12.8 Å². The minimum absolute atomic E-state index is 0.117. The van der Waals surface area contributed by atoms with Crippen LogP contribution in [0.4, 0.5) is 6.01 Å². The van der Waals surface area contributed by atoms with Gasteiger partial charge in [0.15, 0.2) is 9.84 Å². The van der Waals surface area contributed by atoms with Gasteiger partial charge in [-0.15, -0.1) is 5.10 Å². The lowest BCUT2D eigenvalue weighted by Crippen LogP contribution is -2.48. The second-order valence-electron chi connectivity index (χ2n) is 4.18. The molecule has 1 aliphatic heterocycles. The smallest absolute Gasteiger partial charge is 0.319 e. The van der Waals surface area contributed by atoms with Gasteiger partial charge in [-0.3, -0.25) is 0 Å². The second kappa shape index (κ2) is 6.10. The van der Waals surface area contributed by atoms with E-state index in [4.69, 9.17) is 4.42 Å². The Labute approximate surface area is 117 Å². The molecule has 0 aromatic carbocycles. The van der Waals surface area contributed by atoms with E-state index in [0.29, 0.717) is 30.7 Å². The third kappa shape index (κ3) is 3.21. The molecule has 0 spiro atoms. The lowest BCUT2D eigenvalue weighted by atomic mass is 10.5. The Hall–Kier alpha value is -0.800. The molecule has 2 heterocycles. The molecule has 19 heavy (non-hydrogen) atoms. The van der Waals surface area contributed by atoms with Crippen LogP contribution in [-0.2, 0) is 16.4 Å². The van der Waals surface area contributed by atoms with Crippen LogP contribution in [0.15, 0.2) is 4.42 Å². The Morgan fingerprint density at radius 2 is 2.32 bits per heavy atom. The fourth-order valence-electron chi connectivity index (χ4n) is 1.87. The summed E-state index contributed by atoms with van der Waals surface area (Å²) >= 11 is 1.64. The number of anilines is 1. The number of hydrogen-bond donors (Lipinski definition) is 1. The molecule has 1 atom stereocenters. The normalized spacial score (nSPS) is 20.7. The van der Waals surface area contributed by atoms with Crippen molar-refractivity contribution in [3.05, 3.63) is 5.89 Å². The molecule has 9 heteroatoms. The quantitative estimate of drug-likeness (QED) is 0.819. The third-order valence-electron chi connectivity index (χ3n) is 2.93. The molecule has 1 unspecified atom stereocenters. The van der Waals surface area contributed by atoms with Crippen molar-refractivity contribution in [3.63, 3.8) is 0 Å². The van der Waals surface area contributed by atoms with E-state index in [9.17, 15) is 8.42 Å². The fourth-order valence-corrected chi connectivity index (χ4v) is 4.83. The van der Waals surface area contributed by atoms with E-state index < -0.39 is 15.2 Å². The summed E-state index contributed by atoms with van der Waals surface area (Å²) in [6.07, 6.45) is 0. The highest BCUT2D eigenvalue weighted by atomic mass is 32.2. The maximum Gasteiger partial charge on any atom is 0.319 e. The van der Waals surface area contributed by atoms with Crippen LogP contribution in [0.1, 0.15) is 12.8 Å². The summed E-state index contributed by atoms with van der Waals surface area (Å²) in [5, 5.41) is 10.2. The van der Waals surface area contributed by atoms with E-state index >= 15 is 0 Å². The fraction of sp³-hybridized carbons (Fsp3) is 0.800. The lowest BCUT2D eigenvalue weighted by Gasteiger charge is -2.32. The molecule has 0 saturated carbocycles. The Bertz CT molecular complexity index is 517. The number of sulfone groups is 1. The number of rotatable bonds is 5. The Morgan fingerprint density at radius 1 is 1.53 bits per heavy atom. The van der Waals surface area contributed by atoms with Crippen LogP contribution in [-0.4, -0.2) is 54.8 Å². The Kier molecular flexibility index (Phi) is 4.69. The van der Waals surface area contributed by atoms with E-state index in [1.165, 1.54) is 0 Å². The molecule has 1 saturated heterocycles. The van der Waals surface area contributed by atoms with Gasteiger partial charge in [0.2, 0.25) is 5.89 Å². The Morgan fingerprint density at radius 3 is 3.00 bits per heavy atom. The summed E-state index contributed by atoms with van der Waals surface area (Å²) in [6.45, 7) is 2.74. The van der Waals surface area contributed by atoms with Crippen LogP contribution in [0.2, 0.25) is 0 Å². The van der Waals surface area contributed by atoms with E-state index in [0.717, 1.165) is 5.75 Å². The van der Waals surface area contributed by atoms with Gasteiger partial charge >= 0.3 is 6.01 Å². The maximum atomic E-state index is 12.1. The highest BCUT2D eigenvalue weighted by molar-refractivity contribution is 8.01. The molecule has 0 radical (unpaired) electrons. The van der Waals surface area contributed by atoms with Gasteiger partial charge < -0.3 is 14.6 Å². The standard InChI is InChI=1S/C10H18N4O3S2/c1-3-19(15,16)9-7-18-5-4-14(9)10-13-12-8(17-10)6-11-2/h9,11H,3-7H2,1-2H3. The van der Waals surface area contributed by atoms with Crippen molar-refractivity contribution in [2.75, 3.05) is 35.8 Å². The van der Waals surface area contributed by atoms with Crippen LogP contribution in [0, 0.1) is 0 Å². The van der Waals surface area contributed by atoms with E-state index in [1.807, 2.05) is 0 Å². The van der Waals surface area contributed by atoms with Gasteiger partial charge in [-0.25, -0.2) is 8.42 Å². The van der Waals surface area contributed by atoms with Crippen LogP contribution < -0.4 is 10.2 Å². The van der Waals surface area contributed by atoms with Crippen molar-refractivity contribution in [2.24, 2.45) is 0 Å². The predicted molar refractivity (Wildman–Crippen MR) is 75.0 cm³/mol. The first-order valence-electron chi connectivity index (χ1n) is 6.11. The predicted octanol–water partition coefficient (Wildman–Crippen LogP) is 0.103. The molecule has 7 nitrogen and oxygen atoms in total. The first-order valence-corrected chi connectivity index (χ1v) is 8.98. The van der Waals surface area contributed by atoms with Gasteiger partial charge in [0, 0.05) is 23.8 Å². The SMILES string of the molecule is CCS(=O)(=O)C1CSCCN1c1nnc(CNC)o1. The van der Waals surface area contributed by atoms with Gasteiger partial charge in [0.25, 0.3) is 0 Å². The van der Waals surface area contributed by atoms with Crippen molar-refractivity contribution in [3.8, 4) is 0 Å². The first kappa shape index (κ1) is 14.6. The summed E-state index contributed by atoms with van der Waals surface area (Å²) in [7, 11) is -1.38. The number of thioether (sulfide) groups is 1. The van der Waals surface area contributed by atoms with E-state index in [1.54, 1.807) is 30.6 Å². The van der Waals surface area contributed by atoms with E-state index in [2.05, 4.69) is 15.5 Å². The monoisotopic (exact) mass is 306 g/mol. The third-order valence-corrected chi connectivity index (χ3v) is 6.22. The molecule has 1 N–H and O–H groups in total. The average molecular weight is 306 g/mol. The van der Waals surface area contributed by atoms with Crippen molar-refractivity contribution in [1.29, 1.82) is 0 Å². The molecule has 0 aliphatic carbocycles. The van der Waals surface area contributed by atoms with Crippen LogP contribution in [0.25, 0.3) is 0 Å². The molecule has 0 amide bonds. The topological polar surface area (TPSA) is 88.3 Å². The zero-order chi connectivity index (χ0) is 13.9. The van der Waals surface area contributed by atoms with Gasteiger partial charge in [-0.1, -0.05) is 12.0 Å². The molecule has 0 bridgehead atoms. The maximum absolute atomic E-state index is 12.1. The molecule has 1 aliphatic rings. The van der Waals surface area contributed by atoms with Gasteiger partial charge in [-0.05, 0) is 7.05 Å². The molecular weight excluding hydrogens is 288 g/mol. The summed E-state index contributed by atoms with van der Waals surface area (Å²) < 4.78 is 29.7. The van der Waals surface area contributed by atoms with Crippen LogP contribution in [0.5, 0.6) is 0 Å². The minimum atomic E-state index is -3.16. The lowest BCUT2D eigenvalue weighted by molar-refractivity contribution is 0.467. The van der Waals surface area contributed by atoms with Gasteiger partial charge in [-0.2, -0.15) is 11.8 Å². The number of nitrogens with one attached hydrogen (secondary N) is 1. The summed E-state index contributed by atoms with van der Waals surface area (Å²) in [5.41, 5.74) is 0. The number of aromatic nitrogens is 2. The van der Waals surface area contributed by atoms with Crippen LogP contribution >= 0.6 is 11.8 Å².